The maximum absolute atomic E-state index is 5.83. The fourth-order valence-corrected chi connectivity index (χ4v) is 2.44. The lowest BCUT2D eigenvalue weighted by molar-refractivity contribution is 0.413. The number of benzene rings is 1. The van der Waals surface area contributed by atoms with Crippen LogP contribution in [0.25, 0.3) is 0 Å². The first-order valence-corrected chi connectivity index (χ1v) is 7.64. The number of hydrogen-bond donors (Lipinski definition) is 1. The van der Waals surface area contributed by atoms with E-state index in [-0.39, 0.29) is 0 Å². The van der Waals surface area contributed by atoms with Crippen molar-refractivity contribution in [1.29, 1.82) is 0 Å². The number of hydrogen-bond acceptors (Lipinski definition) is 3. The average molecular weight is 344 g/mol. The van der Waals surface area contributed by atoms with Crippen LogP contribution in [-0.2, 0) is 0 Å². The van der Waals surface area contributed by atoms with Crippen LogP contribution in [-0.4, -0.2) is 43.6 Å². The predicted octanol–water partition coefficient (Wildman–Crippen LogP) is 2.86. The van der Waals surface area contributed by atoms with Crippen molar-refractivity contribution in [2.75, 3.05) is 38.6 Å². The number of likely N-dealkylation sites (N-methyl/N-ethyl adjacent to an activating group) is 1. The monoisotopic (exact) mass is 343 g/mol. The molecule has 0 radical (unpaired) electrons. The van der Waals surface area contributed by atoms with Crippen LogP contribution in [0.3, 0.4) is 0 Å². The third-order valence-electron chi connectivity index (χ3n) is 2.88. The maximum Gasteiger partial charge on any atom is 0.106 e. The molecule has 5 heteroatoms. The molecule has 0 heterocycles. The first kappa shape index (κ1) is 16.4. The van der Waals surface area contributed by atoms with Crippen molar-refractivity contribution < 1.29 is 0 Å². The van der Waals surface area contributed by atoms with E-state index < -0.39 is 0 Å². The molecule has 3 nitrogen and oxygen atoms in total. The second kappa shape index (κ2) is 7.82. The van der Waals surface area contributed by atoms with E-state index in [1.807, 2.05) is 12.1 Å². The van der Waals surface area contributed by atoms with E-state index >= 15 is 0 Å². The molecule has 0 saturated carbocycles. The van der Waals surface area contributed by atoms with Crippen molar-refractivity contribution in [2.24, 2.45) is 5.73 Å². The number of rotatable bonds is 7. The molecule has 0 aliphatic carbocycles. The van der Waals surface area contributed by atoms with Crippen LogP contribution >= 0.6 is 28.1 Å². The number of anilines is 1. The molecule has 2 N–H and O–H groups in total. The second-order valence-electron chi connectivity index (χ2n) is 4.82. The van der Waals surface area contributed by atoms with Crippen molar-refractivity contribution in [2.45, 2.75) is 13.3 Å². The fourth-order valence-electron chi connectivity index (χ4n) is 1.92. The highest BCUT2D eigenvalue weighted by Gasteiger charge is 2.13. The summed E-state index contributed by atoms with van der Waals surface area (Å²) in [6, 6.07) is 6.06. The van der Waals surface area contributed by atoms with E-state index in [1.54, 1.807) is 0 Å². The molecular weight excluding hydrogens is 322 g/mol. The van der Waals surface area contributed by atoms with E-state index in [4.69, 9.17) is 18.0 Å². The molecule has 0 amide bonds. The number of nitrogens with zero attached hydrogens (tertiary/aromatic N) is 2. The van der Waals surface area contributed by atoms with Crippen LogP contribution in [0.15, 0.2) is 22.7 Å². The van der Waals surface area contributed by atoms with Crippen molar-refractivity contribution in [1.82, 2.24) is 4.90 Å². The number of halogens is 1. The van der Waals surface area contributed by atoms with Crippen molar-refractivity contribution >= 4 is 38.8 Å². The maximum atomic E-state index is 5.83. The molecule has 0 aliphatic heterocycles. The number of nitrogens with two attached hydrogens (primary N) is 1. The van der Waals surface area contributed by atoms with Gasteiger partial charge in [0.25, 0.3) is 0 Å². The summed E-state index contributed by atoms with van der Waals surface area (Å²) in [7, 11) is 4.17. The van der Waals surface area contributed by atoms with E-state index in [1.165, 1.54) is 0 Å². The van der Waals surface area contributed by atoms with Crippen LogP contribution in [0.2, 0.25) is 0 Å². The first-order valence-electron chi connectivity index (χ1n) is 6.44. The summed E-state index contributed by atoms with van der Waals surface area (Å²) in [6.45, 7) is 5.15. The molecule has 0 bridgehead atoms. The van der Waals surface area contributed by atoms with Gasteiger partial charge in [0, 0.05) is 35.4 Å². The predicted molar refractivity (Wildman–Crippen MR) is 91.1 cm³/mol. The lowest BCUT2D eigenvalue weighted by Crippen LogP contribution is -2.33. The van der Waals surface area contributed by atoms with E-state index in [9.17, 15) is 0 Å². The first-order chi connectivity index (χ1) is 8.95. The molecule has 0 aliphatic rings. The highest BCUT2D eigenvalue weighted by molar-refractivity contribution is 9.10. The van der Waals surface area contributed by atoms with Gasteiger partial charge in [-0.2, -0.15) is 0 Å². The average Bonchev–Trinajstić information content (AvgIpc) is 2.33. The molecule has 19 heavy (non-hydrogen) atoms. The molecule has 106 valence electrons. The Kier molecular flexibility index (Phi) is 6.75. The van der Waals surface area contributed by atoms with Gasteiger partial charge >= 0.3 is 0 Å². The molecule has 1 rings (SSSR count). The Bertz CT molecular complexity index is 435. The third-order valence-corrected chi connectivity index (χ3v) is 3.59. The van der Waals surface area contributed by atoms with Gasteiger partial charge in [0.15, 0.2) is 0 Å². The Balaban J connectivity index is 3.05. The Morgan fingerprint density at radius 1 is 1.26 bits per heavy atom. The van der Waals surface area contributed by atoms with Crippen molar-refractivity contribution in [3.63, 3.8) is 0 Å². The molecule has 1 aromatic rings. The van der Waals surface area contributed by atoms with E-state index in [0.29, 0.717) is 4.99 Å². The van der Waals surface area contributed by atoms with Gasteiger partial charge < -0.3 is 15.5 Å². The minimum absolute atomic E-state index is 0.452. The van der Waals surface area contributed by atoms with Crippen molar-refractivity contribution in [3.8, 4) is 0 Å². The molecule has 0 atom stereocenters. The highest BCUT2D eigenvalue weighted by Crippen LogP contribution is 2.25. The molecule has 0 unspecified atom stereocenters. The van der Waals surface area contributed by atoms with Gasteiger partial charge in [0.2, 0.25) is 0 Å². The molecular formula is C14H22BrN3S. The summed E-state index contributed by atoms with van der Waals surface area (Å²) >= 11 is 8.68. The lowest BCUT2D eigenvalue weighted by Gasteiger charge is -2.28. The van der Waals surface area contributed by atoms with Gasteiger partial charge in [-0.15, -0.1) is 0 Å². The Labute approximate surface area is 129 Å². The van der Waals surface area contributed by atoms with Crippen LogP contribution in [0, 0.1) is 0 Å². The molecule has 0 aromatic heterocycles. The summed E-state index contributed by atoms with van der Waals surface area (Å²) in [5.74, 6) is 0. The molecule has 0 spiro atoms. The molecule has 0 saturated heterocycles. The zero-order valence-corrected chi connectivity index (χ0v) is 14.2. The van der Waals surface area contributed by atoms with Gasteiger partial charge in [-0.25, -0.2) is 0 Å². The van der Waals surface area contributed by atoms with Gasteiger partial charge in [-0.3, -0.25) is 0 Å². The fraction of sp³-hybridized carbons (Fsp3) is 0.500. The van der Waals surface area contributed by atoms with Crippen LogP contribution in [0.1, 0.15) is 18.9 Å². The Morgan fingerprint density at radius 2 is 1.95 bits per heavy atom. The van der Waals surface area contributed by atoms with Crippen LogP contribution in [0.5, 0.6) is 0 Å². The SMILES string of the molecule is CCCN(CCN(C)C)c1cc(Br)ccc1C(N)=S. The Hall–Kier alpha value is -0.650. The van der Waals surface area contributed by atoms with Crippen molar-refractivity contribution in [3.05, 3.63) is 28.2 Å². The highest BCUT2D eigenvalue weighted by atomic mass is 79.9. The lowest BCUT2D eigenvalue weighted by atomic mass is 10.1. The third kappa shape index (κ3) is 5.09. The van der Waals surface area contributed by atoms with Gasteiger partial charge in [0.05, 0.1) is 0 Å². The molecule has 1 aromatic carbocycles. The smallest absolute Gasteiger partial charge is 0.106 e. The van der Waals surface area contributed by atoms with Gasteiger partial charge in [-0.1, -0.05) is 35.1 Å². The van der Waals surface area contributed by atoms with E-state index in [2.05, 4.69) is 52.8 Å². The summed E-state index contributed by atoms with van der Waals surface area (Å²) in [6.07, 6.45) is 1.09. The summed E-state index contributed by atoms with van der Waals surface area (Å²) in [4.78, 5) is 4.98. The largest absolute Gasteiger partial charge is 0.389 e. The zero-order valence-electron chi connectivity index (χ0n) is 11.8. The summed E-state index contributed by atoms with van der Waals surface area (Å²) in [5.41, 5.74) is 7.90. The normalized spacial score (nSPS) is 10.8. The minimum atomic E-state index is 0.452. The molecule has 0 fully saturated rings. The summed E-state index contributed by atoms with van der Waals surface area (Å²) in [5, 5.41) is 0. The number of thiocarbonyl (C=S) groups is 1. The Morgan fingerprint density at radius 3 is 2.47 bits per heavy atom. The van der Waals surface area contributed by atoms with E-state index in [0.717, 1.165) is 41.8 Å². The minimum Gasteiger partial charge on any atom is -0.389 e. The van der Waals surface area contributed by atoms with Gasteiger partial charge in [-0.05, 0) is 38.7 Å². The quantitative estimate of drug-likeness (QED) is 0.771. The zero-order chi connectivity index (χ0) is 14.4. The second-order valence-corrected chi connectivity index (χ2v) is 6.17. The topological polar surface area (TPSA) is 32.5 Å². The van der Waals surface area contributed by atoms with Gasteiger partial charge in [0.1, 0.15) is 4.99 Å². The van der Waals surface area contributed by atoms with Crippen LogP contribution in [0.4, 0.5) is 5.69 Å². The summed E-state index contributed by atoms with van der Waals surface area (Å²) < 4.78 is 1.05. The standard InChI is InChI=1S/C14H22BrN3S/c1-4-7-18(9-8-17(2)3)13-10-11(15)5-6-12(13)14(16)19/h5-6,10H,4,7-9H2,1-3H3,(H2,16,19). The van der Waals surface area contributed by atoms with Crippen LogP contribution < -0.4 is 10.6 Å².